The highest BCUT2D eigenvalue weighted by atomic mass is 16.6. The molecule has 106 valence electrons. The van der Waals surface area contributed by atoms with Crippen LogP contribution in [0.2, 0.25) is 0 Å². The zero-order valence-electron chi connectivity index (χ0n) is 11.9. The Hall–Kier alpha value is -1.26. The van der Waals surface area contributed by atoms with E-state index < -0.39 is 0 Å². The fraction of sp³-hybridized carbons (Fsp3) is 0.600. The summed E-state index contributed by atoms with van der Waals surface area (Å²) in [6, 6.07) is 6.49. The molecule has 1 aromatic carbocycles. The fourth-order valence-electron chi connectivity index (χ4n) is 2.27. The van der Waals surface area contributed by atoms with Gasteiger partial charge in [0.1, 0.15) is 13.2 Å². The fourth-order valence-corrected chi connectivity index (χ4v) is 2.27. The van der Waals surface area contributed by atoms with Crippen molar-refractivity contribution in [2.75, 3.05) is 27.4 Å². The molecule has 1 aromatic rings. The predicted octanol–water partition coefficient (Wildman–Crippen LogP) is 2.53. The summed E-state index contributed by atoms with van der Waals surface area (Å²) < 4.78 is 16.5. The van der Waals surface area contributed by atoms with Crippen molar-refractivity contribution in [1.82, 2.24) is 5.32 Å². The third-order valence-corrected chi connectivity index (χ3v) is 3.58. The molecule has 0 fully saturated rings. The van der Waals surface area contributed by atoms with Gasteiger partial charge in [0.05, 0.1) is 6.10 Å². The number of hydrogen-bond donors (Lipinski definition) is 1. The molecule has 19 heavy (non-hydrogen) atoms. The van der Waals surface area contributed by atoms with Crippen LogP contribution in [0, 0.1) is 0 Å². The Morgan fingerprint density at radius 1 is 1.21 bits per heavy atom. The van der Waals surface area contributed by atoms with Crippen LogP contribution in [-0.4, -0.2) is 33.5 Å². The number of nitrogens with one attached hydrogen (secondary N) is 1. The molecule has 2 atom stereocenters. The molecule has 0 saturated carbocycles. The highest BCUT2D eigenvalue weighted by Gasteiger charge is 2.16. The first kappa shape index (κ1) is 14.2. The molecule has 4 heteroatoms. The van der Waals surface area contributed by atoms with Gasteiger partial charge in [0.25, 0.3) is 0 Å². The highest BCUT2D eigenvalue weighted by molar-refractivity contribution is 5.44. The van der Waals surface area contributed by atoms with Crippen molar-refractivity contribution >= 4 is 0 Å². The third kappa shape index (κ3) is 3.61. The van der Waals surface area contributed by atoms with Gasteiger partial charge in [-0.3, -0.25) is 0 Å². The Bertz CT molecular complexity index is 408. The molecule has 2 rings (SSSR count). The standard InChI is InChI=1S/C15H23NO3/c1-11(17-3)4-6-13(16-2)12-5-7-14-15(10-12)19-9-8-18-14/h5,7,10-11,13,16H,4,6,8-9H2,1-3H3. The minimum absolute atomic E-state index is 0.285. The zero-order valence-corrected chi connectivity index (χ0v) is 11.9. The maximum atomic E-state index is 5.63. The van der Waals surface area contributed by atoms with Crippen LogP contribution in [0.3, 0.4) is 0 Å². The van der Waals surface area contributed by atoms with Gasteiger partial charge in [-0.2, -0.15) is 0 Å². The van der Waals surface area contributed by atoms with Crippen molar-refractivity contribution in [3.8, 4) is 11.5 Å². The van der Waals surface area contributed by atoms with Crippen LogP contribution in [0.25, 0.3) is 0 Å². The van der Waals surface area contributed by atoms with Crippen molar-refractivity contribution in [3.05, 3.63) is 23.8 Å². The molecule has 0 aromatic heterocycles. The first-order valence-electron chi connectivity index (χ1n) is 6.84. The molecule has 0 bridgehead atoms. The molecule has 1 aliphatic heterocycles. The topological polar surface area (TPSA) is 39.7 Å². The first-order chi connectivity index (χ1) is 9.24. The lowest BCUT2D eigenvalue weighted by molar-refractivity contribution is 0.106. The smallest absolute Gasteiger partial charge is 0.161 e. The van der Waals surface area contributed by atoms with Crippen molar-refractivity contribution in [2.45, 2.75) is 31.9 Å². The Morgan fingerprint density at radius 3 is 2.63 bits per heavy atom. The Labute approximate surface area is 115 Å². The van der Waals surface area contributed by atoms with E-state index in [0.29, 0.717) is 19.3 Å². The molecule has 0 saturated heterocycles. The van der Waals surface area contributed by atoms with Gasteiger partial charge in [0.15, 0.2) is 11.5 Å². The maximum Gasteiger partial charge on any atom is 0.161 e. The summed E-state index contributed by atoms with van der Waals surface area (Å²) in [4.78, 5) is 0. The Balaban J connectivity index is 2.05. The zero-order chi connectivity index (χ0) is 13.7. The van der Waals surface area contributed by atoms with E-state index >= 15 is 0 Å². The van der Waals surface area contributed by atoms with E-state index in [0.717, 1.165) is 24.3 Å². The number of benzene rings is 1. The van der Waals surface area contributed by atoms with Crippen molar-refractivity contribution in [2.24, 2.45) is 0 Å². The van der Waals surface area contributed by atoms with Gasteiger partial charge in [-0.25, -0.2) is 0 Å². The molecule has 0 amide bonds. The van der Waals surface area contributed by atoms with Gasteiger partial charge >= 0.3 is 0 Å². The van der Waals surface area contributed by atoms with Crippen molar-refractivity contribution < 1.29 is 14.2 Å². The first-order valence-corrected chi connectivity index (χ1v) is 6.84. The number of ether oxygens (including phenoxy) is 3. The molecular formula is C15H23NO3. The van der Waals surface area contributed by atoms with Crippen LogP contribution in [0.4, 0.5) is 0 Å². The number of hydrogen-bond acceptors (Lipinski definition) is 4. The van der Waals surface area contributed by atoms with Crippen LogP contribution < -0.4 is 14.8 Å². The molecule has 2 unspecified atom stereocenters. The van der Waals surface area contributed by atoms with E-state index in [4.69, 9.17) is 14.2 Å². The van der Waals surface area contributed by atoms with Crippen LogP contribution in [0.15, 0.2) is 18.2 Å². The van der Waals surface area contributed by atoms with Gasteiger partial charge in [-0.05, 0) is 44.5 Å². The SMILES string of the molecule is CNC(CCC(C)OC)c1ccc2c(c1)OCCO2. The summed E-state index contributed by atoms with van der Waals surface area (Å²) in [5, 5.41) is 3.35. The summed E-state index contributed by atoms with van der Waals surface area (Å²) in [5.41, 5.74) is 1.23. The second-order valence-corrected chi connectivity index (χ2v) is 4.87. The molecule has 0 radical (unpaired) electrons. The largest absolute Gasteiger partial charge is 0.486 e. The van der Waals surface area contributed by atoms with E-state index in [2.05, 4.69) is 24.4 Å². The molecule has 0 spiro atoms. The molecule has 0 aliphatic carbocycles. The number of fused-ring (bicyclic) bond motifs is 1. The van der Waals surface area contributed by atoms with E-state index in [1.54, 1.807) is 7.11 Å². The second kappa shape index (κ2) is 6.78. The lowest BCUT2D eigenvalue weighted by Crippen LogP contribution is -2.20. The van der Waals surface area contributed by atoms with Crippen LogP contribution >= 0.6 is 0 Å². The molecular weight excluding hydrogens is 242 g/mol. The van der Waals surface area contributed by atoms with E-state index in [9.17, 15) is 0 Å². The molecule has 1 heterocycles. The van der Waals surface area contributed by atoms with Gasteiger partial charge in [0, 0.05) is 13.2 Å². The van der Waals surface area contributed by atoms with E-state index in [1.165, 1.54) is 5.56 Å². The summed E-state index contributed by atoms with van der Waals surface area (Å²) >= 11 is 0. The maximum absolute atomic E-state index is 5.63. The monoisotopic (exact) mass is 265 g/mol. The van der Waals surface area contributed by atoms with Crippen LogP contribution in [0.5, 0.6) is 11.5 Å². The second-order valence-electron chi connectivity index (χ2n) is 4.87. The summed E-state index contributed by atoms with van der Waals surface area (Å²) in [6.07, 6.45) is 2.34. The Kier molecular flexibility index (Phi) is 5.05. The minimum atomic E-state index is 0.285. The number of rotatable bonds is 6. The van der Waals surface area contributed by atoms with Crippen molar-refractivity contribution in [3.63, 3.8) is 0 Å². The number of methoxy groups -OCH3 is 1. The van der Waals surface area contributed by atoms with Gasteiger partial charge < -0.3 is 19.5 Å². The third-order valence-electron chi connectivity index (χ3n) is 3.58. The van der Waals surface area contributed by atoms with Crippen LogP contribution in [0.1, 0.15) is 31.4 Å². The average molecular weight is 265 g/mol. The molecule has 4 nitrogen and oxygen atoms in total. The van der Waals surface area contributed by atoms with Gasteiger partial charge in [-0.1, -0.05) is 6.07 Å². The Morgan fingerprint density at radius 2 is 1.95 bits per heavy atom. The summed E-state index contributed by atoms with van der Waals surface area (Å²) in [6.45, 7) is 3.35. The predicted molar refractivity (Wildman–Crippen MR) is 74.9 cm³/mol. The van der Waals surface area contributed by atoms with Gasteiger partial charge in [0.2, 0.25) is 0 Å². The minimum Gasteiger partial charge on any atom is -0.486 e. The summed E-state index contributed by atoms with van der Waals surface area (Å²) in [7, 11) is 3.74. The molecule has 1 aliphatic rings. The van der Waals surface area contributed by atoms with E-state index in [-0.39, 0.29) is 6.10 Å². The van der Waals surface area contributed by atoms with Crippen LogP contribution in [-0.2, 0) is 4.74 Å². The highest BCUT2D eigenvalue weighted by Crippen LogP contribution is 2.33. The quantitative estimate of drug-likeness (QED) is 0.858. The molecule has 1 N–H and O–H groups in total. The lowest BCUT2D eigenvalue weighted by atomic mass is 10.00. The normalized spacial score (nSPS) is 17.0. The summed E-state index contributed by atoms with van der Waals surface area (Å²) in [5.74, 6) is 1.69. The lowest BCUT2D eigenvalue weighted by Gasteiger charge is -2.22. The van der Waals surface area contributed by atoms with Gasteiger partial charge in [-0.15, -0.1) is 0 Å². The van der Waals surface area contributed by atoms with Crippen molar-refractivity contribution in [1.29, 1.82) is 0 Å². The average Bonchev–Trinajstić information content (AvgIpc) is 2.47. The van der Waals surface area contributed by atoms with E-state index in [1.807, 2.05) is 13.1 Å².